The molecule has 6 rings (SSSR count). The lowest BCUT2D eigenvalue weighted by Crippen LogP contribution is -2.21. The van der Waals surface area contributed by atoms with Crippen LogP contribution in [0.4, 0.5) is 0 Å². The van der Waals surface area contributed by atoms with Crippen LogP contribution in [-0.4, -0.2) is 22.7 Å². The number of phenolic OH excluding ortho intramolecular Hbond substituents is 2. The average Bonchev–Trinajstić information content (AvgIpc) is 3.04. The summed E-state index contributed by atoms with van der Waals surface area (Å²) < 4.78 is 6.13. The fourth-order valence-corrected chi connectivity index (χ4v) is 6.56. The lowest BCUT2D eigenvalue weighted by molar-refractivity contribution is -0.270. The van der Waals surface area contributed by atoms with Gasteiger partial charge in [0, 0.05) is 25.7 Å². The smallest absolute Gasteiger partial charge is 0.255 e. The van der Waals surface area contributed by atoms with Gasteiger partial charge in [-0.1, -0.05) is 116 Å². The van der Waals surface area contributed by atoms with Crippen molar-refractivity contribution in [1.29, 1.82) is 0 Å². The van der Waals surface area contributed by atoms with Crippen LogP contribution in [0.2, 0.25) is 0 Å². The van der Waals surface area contributed by atoms with Crippen LogP contribution in [0, 0.1) is 20.8 Å². The first-order valence-corrected chi connectivity index (χ1v) is 16.1. The molecule has 4 N–H and O–H groups in total. The van der Waals surface area contributed by atoms with E-state index in [2.05, 4.69) is 0 Å². The maximum absolute atomic E-state index is 13.8. The number of primary amides is 1. The minimum Gasteiger partial charge on any atom is -0.872 e. The van der Waals surface area contributed by atoms with E-state index in [0.717, 1.165) is 38.9 Å². The van der Waals surface area contributed by atoms with Crippen LogP contribution in [0.5, 0.6) is 23.0 Å². The third-order valence-electron chi connectivity index (χ3n) is 8.44. The lowest BCUT2D eigenvalue weighted by atomic mass is 9.88. The molecule has 1 amide bonds. The number of hydrogen-bond acceptors (Lipinski definition) is 5. The maximum atomic E-state index is 13.8. The molecule has 0 heterocycles. The van der Waals surface area contributed by atoms with Crippen molar-refractivity contribution in [2.24, 2.45) is 5.73 Å². The van der Waals surface area contributed by atoms with E-state index in [1.807, 2.05) is 113 Å². The van der Waals surface area contributed by atoms with Gasteiger partial charge in [0.25, 0.3) is 5.91 Å². The molecular weight excluding hydrogens is 598 g/mol. The SMILES string of the molecule is C.CC.Cc1cc2c([O-])c(c1)Cc1cc(C)cc(c1O)Cc1cc(-c3ccccc3)cc(c1OCC(N)=O)Cc1cc(C)cc(c1O)C2. The summed E-state index contributed by atoms with van der Waals surface area (Å²) in [5.41, 5.74) is 15.7. The van der Waals surface area contributed by atoms with E-state index in [-0.39, 0.29) is 44.1 Å². The Kier molecular flexibility index (Phi) is 11.2. The van der Waals surface area contributed by atoms with E-state index in [0.29, 0.717) is 52.0 Å². The molecule has 6 heteroatoms. The summed E-state index contributed by atoms with van der Waals surface area (Å²) >= 11 is 0. The number of carbonyl (C=O) groups is 1. The molecule has 0 radical (unpaired) electrons. The summed E-state index contributed by atoms with van der Waals surface area (Å²) in [5.74, 6) is 0.0559. The Morgan fingerprint density at radius 2 is 1.02 bits per heavy atom. The zero-order chi connectivity index (χ0) is 33.8. The molecule has 0 spiro atoms. The van der Waals surface area contributed by atoms with Crippen LogP contribution < -0.4 is 15.6 Å². The van der Waals surface area contributed by atoms with Crippen molar-refractivity contribution >= 4 is 5.91 Å². The molecule has 8 bridgehead atoms. The molecule has 0 unspecified atom stereocenters. The highest BCUT2D eigenvalue weighted by atomic mass is 16.5. The fraction of sp³-hybridized carbons (Fsp3) is 0.262. The van der Waals surface area contributed by atoms with Gasteiger partial charge in [-0.25, -0.2) is 0 Å². The van der Waals surface area contributed by atoms with Crippen LogP contribution in [-0.2, 0) is 30.5 Å². The number of hydrogen-bond donors (Lipinski definition) is 3. The van der Waals surface area contributed by atoms with Gasteiger partial charge in [-0.15, -0.1) is 5.75 Å². The third kappa shape index (κ3) is 7.66. The molecule has 5 aromatic rings. The normalized spacial score (nSPS) is 11.9. The van der Waals surface area contributed by atoms with Gasteiger partial charge in [-0.2, -0.15) is 0 Å². The molecule has 0 atom stereocenters. The summed E-state index contributed by atoms with van der Waals surface area (Å²) in [5, 5.41) is 37.0. The van der Waals surface area contributed by atoms with Gasteiger partial charge in [-0.3, -0.25) is 4.79 Å². The molecule has 250 valence electrons. The van der Waals surface area contributed by atoms with Crippen molar-refractivity contribution in [3.63, 3.8) is 0 Å². The van der Waals surface area contributed by atoms with Gasteiger partial charge < -0.3 is 25.8 Å². The molecule has 0 fully saturated rings. The van der Waals surface area contributed by atoms with Gasteiger partial charge in [0.2, 0.25) is 0 Å². The van der Waals surface area contributed by atoms with E-state index < -0.39 is 5.91 Å². The molecule has 6 nitrogen and oxygen atoms in total. The number of ether oxygens (including phenoxy) is 1. The first-order chi connectivity index (χ1) is 22.5. The van der Waals surface area contributed by atoms with E-state index in [1.165, 1.54) is 0 Å². The van der Waals surface area contributed by atoms with Crippen molar-refractivity contribution in [3.8, 4) is 34.1 Å². The zero-order valence-electron chi connectivity index (χ0n) is 27.7. The van der Waals surface area contributed by atoms with Crippen molar-refractivity contribution in [3.05, 3.63) is 140 Å². The lowest BCUT2D eigenvalue weighted by Gasteiger charge is -2.23. The highest BCUT2D eigenvalue weighted by molar-refractivity contribution is 5.76. The minimum absolute atomic E-state index is 0. The number of fused-ring (bicyclic) bond motifs is 8. The summed E-state index contributed by atoms with van der Waals surface area (Å²) in [6, 6.07) is 25.5. The number of amides is 1. The van der Waals surface area contributed by atoms with Crippen LogP contribution in [0.25, 0.3) is 11.1 Å². The molecule has 5 aromatic carbocycles. The van der Waals surface area contributed by atoms with Gasteiger partial charge in [0.15, 0.2) is 6.61 Å². The van der Waals surface area contributed by atoms with E-state index in [9.17, 15) is 20.1 Å². The van der Waals surface area contributed by atoms with Crippen LogP contribution in [0.3, 0.4) is 0 Å². The van der Waals surface area contributed by atoms with Crippen molar-refractivity contribution in [2.75, 3.05) is 6.61 Å². The standard InChI is InChI=1S/C39H37NO5.C2H6.CH4/c1-22-9-27-17-29-11-23(2)13-31(37(29)43)19-33-15-26(25-7-5-4-6-8-25)16-34(39(33)45-21-35(40)41)20-32-14-24(3)12-30(38(32)44)18-28(10-22)36(27)42;1-2;/h4-16,42-44H,17-21H2,1-3H3,(H2,40,41);1-2H3;1H4/p-1. The second-order valence-electron chi connectivity index (χ2n) is 12.2. The number of benzene rings is 5. The Hall–Kier alpha value is -5.23. The molecular formula is C42H46NO5-. The quantitative estimate of drug-likeness (QED) is 0.180. The van der Waals surface area contributed by atoms with Gasteiger partial charge >= 0.3 is 0 Å². The Morgan fingerprint density at radius 3 is 1.42 bits per heavy atom. The minimum atomic E-state index is -0.604. The summed E-state index contributed by atoms with van der Waals surface area (Å²) in [4.78, 5) is 11.9. The Balaban J connectivity index is 0.00000170. The first-order valence-electron chi connectivity index (χ1n) is 16.1. The Labute approximate surface area is 284 Å². The second kappa shape index (κ2) is 15.1. The van der Waals surface area contributed by atoms with Crippen LogP contribution in [0.15, 0.2) is 78.9 Å². The topological polar surface area (TPSA) is 116 Å². The number of aryl methyl sites for hydroxylation is 3. The zero-order valence-corrected chi connectivity index (χ0v) is 27.7. The monoisotopic (exact) mass is 644 g/mol. The van der Waals surface area contributed by atoms with Gasteiger partial charge in [0.05, 0.1) is 0 Å². The number of nitrogens with two attached hydrogens (primary N) is 1. The van der Waals surface area contributed by atoms with Gasteiger partial charge in [0.1, 0.15) is 17.2 Å². The highest BCUT2D eigenvalue weighted by Gasteiger charge is 2.21. The molecule has 0 aliphatic heterocycles. The van der Waals surface area contributed by atoms with Crippen molar-refractivity contribution in [2.45, 2.75) is 67.7 Å². The number of rotatable bonds is 4. The number of phenols is 2. The molecule has 1 aliphatic rings. The first kappa shape index (κ1) is 35.6. The Morgan fingerprint density at radius 1 is 0.646 bits per heavy atom. The third-order valence-corrected chi connectivity index (χ3v) is 8.44. The van der Waals surface area contributed by atoms with Gasteiger partial charge in [-0.05, 0) is 77.4 Å². The molecule has 0 aromatic heterocycles. The van der Waals surface area contributed by atoms with Crippen molar-refractivity contribution < 1.29 is 24.9 Å². The average molecular weight is 645 g/mol. The van der Waals surface area contributed by atoms with E-state index in [4.69, 9.17) is 10.5 Å². The van der Waals surface area contributed by atoms with E-state index >= 15 is 0 Å². The summed E-state index contributed by atoms with van der Waals surface area (Å²) in [6.45, 7) is 9.58. The second-order valence-corrected chi connectivity index (χ2v) is 12.2. The highest BCUT2D eigenvalue weighted by Crippen LogP contribution is 2.40. The predicted molar refractivity (Wildman–Crippen MR) is 192 cm³/mol. The summed E-state index contributed by atoms with van der Waals surface area (Å²) in [7, 11) is 0. The predicted octanol–water partition coefficient (Wildman–Crippen LogP) is 7.97. The Bertz CT molecular complexity index is 1840. The molecule has 1 aliphatic carbocycles. The molecule has 48 heavy (non-hydrogen) atoms. The number of aromatic hydroxyl groups is 2. The van der Waals surface area contributed by atoms with Crippen LogP contribution in [0.1, 0.15) is 82.5 Å². The van der Waals surface area contributed by atoms with Crippen molar-refractivity contribution in [1.82, 2.24) is 0 Å². The molecule has 0 saturated heterocycles. The summed E-state index contributed by atoms with van der Waals surface area (Å²) in [6.07, 6.45) is 1.13. The fourth-order valence-electron chi connectivity index (χ4n) is 6.56. The molecule has 0 saturated carbocycles. The largest absolute Gasteiger partial charge is 0.872 e. The number of carbonyl (C=O) groups excluding carboxylic acids is 1. The van der Waals surface area contributed by atoms with Crippen LogP contribution >= 0.6 is 0 Å². The van der Waals surface area contributed by atoms with E-state index in [1.54, 1.807) is 0 Å². The maximum Gasteiger partial charge on any atom is 0.255 e.